The molecule has 1 rings (SSSR count). The van der Waals surface area contributed by atoms with Crippen LogP contribution in [-0.2, 0) is 10.0 Å². The van der Waals surface area contributed by atoms with E-state index in [0.717, 1.165) is 19.4 Å². The molecule has 0 saturated carbocycles. The SMILES string of the molecule is CCCNc1cccnc1S(=O)(=O)N(C)C(C)(C)CC. The number of sulfonamides is 1. The number of nitrogens with one attached hydrogen (secondary N) is 1. The molecule has 0 bridgehead atoms. The van der Waals surface area contributed by atoms with E-state index in [-0.39, 0.29) is 5.03 Å². The fraction of sp³-hybridized carbons (Fsp3) is 0.643. The molecule has 0 radical (unpaired) electrons. The second-order valence-corrected chi connectivity index (χ2v) is 7.31. The lowest BCUT2D eigenvalue weighted by Crippen LogP contribution is -2.44. The second-order valence-electron chi connectivity index (χ2n) is 5.42. The van der Waals surface area contributed by atoms with Crippen molar-refractivity contribution in [1.82, 2.24) is 9.29 Å². The van der Waals surface area contributed by atoms with Gasteiger partial charge in [-0.3, -0.25) is 0 Å². The Bertz CT molecular complexity index is 541. The Hall–Kier alpha value is -1.14. The molecule has 114 valence electrons. The molecule has 20 heavy (non-hydrogen) atoms. The molecular formula is C14H25N3O2S. The van der Waals surface area contributed by atoms with Gasteiger partial charge in [0.15, 0.2) is 5.03 Å². The van der Waals surface area contributed by atoms with E-state index in [1.165, 1.54) is 10.5 Å². The molecule has 0 fully saturated rings. The van der Waals surface area contributed by atoms with E-state index in [4.69, 9.17) is 0 Å². The summed E-state index contributed by atoms with van der Waals surface area (Å²) in [5.41, 5.74) is 0.117. The van der Waals surface area contributed by atoms with Crippen molar-refractivity contribution in [2.75, 3.05) is 18.9 Å². The Balaban J connectivity index is 3.22. The highest BCUT2D eigenvalue weighted by molar-refractivity contribution is 7.89. The molecular weight excluding hydrogens is 274 g/mol. The van der Waals surface area contributed by atoms with Gasteiger partial charge in [-0.15, -0.1) is 0 Å². The highest BCUT2D eigenvalue weighted by Crippen LogP contribution is 2.27. The van der Waals surface area contributed by atoms with Crippen molar-refractivity contribution in [3.63, 3.8) is 0 Å². The molecule has 6 heteroatoms. The lowest BCUT2D eigenvalue weighted by molar-refractivity contribution is 0.256. The Morgan fingerprint density at radius 1 is 1.35 bits per heavy atom. The van der Waals surface area contributed by atoms with Crippen LogP contribution < -0.4 is 5.32 Å². The minimum absolute atomic E-state index is 0.0949. The monoisotopic (exact) mass is 299 g/mol. The van der Waals surface area contributed by atoms with Crippen molar-refractivity contribution in [1.29, 1.82) is 0 Å². The quantitative estimate of drug-likeness (QED) is 0.841. The van der Waals surface area contributed by atoms with Gasteiger partial charge in [-0.25, -0.2) is 13.4 Å². The maximum Gasteiger partial charge on any atom is 0.262 e. The number of anilines is 1. The van der Waals surface area contributed by atoms with Crippen LogP contribution in [0.15, 0.2) is 23.4 Å². The van der Waals surface area contributed by atoms with Crippen LogP contribution in [-0.4, -0.2) is 36.8 Å². The van der Waals surface area contributed by atoms with Crippen LogP contribution in [0, 0.1) is 0 Å². The summed E-state index contributed by atoms with van der Waals surface area (Å²) in [5, 5.41) is 3.22. The third kappa shape index (κ3) is 3.49. The van der Waals surface area contributed by atoms with E-state index in [9.17, 15) is 8.42 Å². The zero-order valence-corrected chi connectivity index (χ0v) is 13.8. The average Bonchev–Trinajstić information content (AvgIpc) is 2.44. The Morgan fingerprint density at radius 2 is 2.00 bits per heavy atom. The zero-order valence-electron chi connectivity index (χ0n) is 13.0. The maximum atomic E-state index is 12.7. The van der Waals surface area contributed by atoms with Gasteiger partial charge in [0.2, 0.25) is 0 Å². The third-order valence-electron chi connectivity index (χ3n) is 3.66. The molecule has 0 aliphatic heterocycles. The Morgan fingerprint density at radius 3 is 2.55 bits per heavy atom. The molecule has 1 heterocycles. The second kappa shape index (κ2) is 6.54. The van der Waals surface area contributed by atoms with E-state index < -0.39 is 15.6 Å². The Kier molecular flexibility index (Phi) is 5.53. The molecule has 1 N–H and O–H groups in total. The number of rotatable bonds is 7. The fourth-order valence-corrected chi connectivity index (χ4v) is 3.32. The lowest BCUT2D eigenvalue weighted by Gasteiger charge is -2.33. The Labute approximate surface area is 122 Å². The topological polar surface area (TPSA) is 62.3 Å². The first kappa shape index (κ1) is 16.9. The van der Waals surface area contributed by atoms with Gasteiger partial charge >= 0.3 is 0 Å². The van der Waals surface area contributed by atoms with Gasteiger partial charge in [0.25, 0.3) is 10.0 Å². The van der Waals surface area contributed by atoms with Crippen molar-refractivity contribution in [3.05, 3.63) is 18.3 Å². The van der Waals surface area contributed by atoms with Crippen molar-refractivity contribution in [2.45, 2.75) is 51.1 Å². The van der Waals surface area contributed by atoms with Crippen molar-refractivity contribution in [3.8, 4) is 0 Å². The number of aromatic nitrogens is 1. The van der Waals surface area contributed by atoms with Gasteiger partial charge in [0.1, 0.15) is 0 Å². The smallest absolute Gasteiger partial charge is 0.262 e. The molecule has 0 spiro atoms. The number of hydrogen-bond donors (Lipinski definition) is 1. The van der Waals surface area contributed by atoms with Crippen LogP contribution >= 0.6 is 0 Å². The standard InChI is InChI=1S/C14H25N3O2S/c1-6-10-15-12-9-8-11-16-13(12)20(18,19)17(5)14(3,4)7-2/h8-9,11,15H,6-7,10H2,1-5H3. The number of hydrogen-bond acceptors (Lipinski definition) is 4. The molecule has 1 aromatic heterocycles. The normalized spacial score (nSPS) is 12.7. The third-order valence-corrected chi connectivity index (χ3v) is 5.69. The molecule has 0 aliphatic rings. The summed E-state index contributed by atoms with van der Waals surface area (Å²) in [6.07, 6.45) is 3.16. The fourth-order valence-electron chi connectivity index (χ4n) is 1.67. The number of nitrogens with zero attached hydrogens (tertiary/aromatic N) is 2. The van der Waals surface area contributed by atoms with Gasteiger partial charge in [0.05, 0.1) is 5.69 Å². The van der Waals surface area contributed by atoms with Crippen LogP contribution in [0.25, 0.3) is 0 Å². The van der Waals surface area contributed by atoms with Gasteiger partial charge in [0, 0.05) is 25.3 Å². The summed E-state index contributed by atoms with van der Waals surface area (Å²) in [6.45, 7) is 8.54. The minimum atomic E-state index is -3.61. The van der Waals surface area contributed by atoms with Crippen molar-refractivity contribution >= 4 is 15.7 Å². The molecule has 0 saturated heterocycles. The molecule has 0 unspecified atom stereocenters. The summed E-state index contributed by atoms with van der Waals surface area (Å²) in [6, 6.07) is 3.49. The molecule has 1 aromatic rings. The largest absolute Gasteiger partial charge is 0.383 e. The van der Waals surface area contributed by atoms with E-state index in [0.29, 0.717) is 5.69 Å². The molecule has 0 aromatic carbocycles. The first-order chi connectivity index (χ1) is 9.27. The first-order valence-corrected chi connectivity index (χ1v) is 8.39. The van der Waals surface area contributed by atoms with E-state index >= 15 is 0 Å². The number of pyridine rings is 1. The van der Waals surface area contributed by atoms with E-state index in [2.05, 4.69) is 10.3 Å². The van der Waals surface area contributed by atoms with Crippen LogP contribution in [0.1, 0.15) is 40.5 Å². The summed E-state index contributed by atoms with van der Waals surface area (Å²) in [4.78, 5) is 4.08. The molecule has 5 nitrogen and oxygen atoms in total. The summed E-state index contributed by atoms with van der Waals surface area (Å²) in [5.74, 6) is 0. The van der Waals surface area contributed by atoms with Gasteiger partial charge in [-0.2, -0.15) is 4.31 Å². The predicted octanol–water partition coefficient (Wildman–Crippen LogP) is 2.71. The summed E-state index contributed by atoms with van der Waals surface area (Å²) >= 11 is 0. The van der Waals surface area contributed by atoms with Gasteiger partial charge in [-0.05, 0) is 38.8 Å². The van der Waals surface area contributed by atoms with Crippen molar-refractivity contribution < 1.29 is 8.42 Å². The summed E-state index contributed by atoms with van der Waals surface area (Å²) < 4.78 is 26.9. The van der Waals surface area contributed by atoms with Crippen LogP contribution in [0.4, 0.5) is 5.69 Å². The van der Waals surface area contributed by atoms with Gasteiger partial charge in [-0.1, -0.05) is 13.8 Å². The highest BCUT2D eigenvalue weighted by atomic mass is 32.2. The van der Waals surface area contributed by atoms with E-state index in [1.807, 2.05) is 27.7 Å². The van der Waals surface area contributed by atoms with Crippen LogP contribution in [0.2, 0.25) is 0 Å². The molecule has 0 atom stereocenters. The summed E-state index contributed by atoms with van der Waals surface area (Å²) in [7, 11) is -2.00. The zero-order chi connectivity index (χ0) is 15.4. The first-order valence-electron chi connectivity index (χ1n) is 6.95. The molecule has 0 aliphatic carbocycles. The van der Waals surface area contributed by atoms with Crippen molar-refractivity contribution in [2.24, 2.45) is 0 Å². The average molecular weight is 299 g/mol. The predicted molar refractivity (Wildman–Crippen MR) is 82.3 cm³/mol. The van der Waals surface area contributed by atoms with Gasteiger partial charge < -0.3 is 5.32 Å². The minimum Gasteiger partial charge on any atom is -0.383 e. The molecule has 0 amide bonds. The van der Waals surface area contributed by atoms with E-state index in [1.54, 1.807) is 19.2 Å². The van der Waals surface area contributed by atoms with Crippen LogP contribution in [0.5, 0.6) is 0 Å². The maximum absolute atomic E-state index is 12.7. The lowest BCUT2D eigenvalue weighted by atomic mass is 10.0. The van der Waals surface area contributed by atoms with Crippen LogP contribution in [0.3, 0.4) is 0 Å². The highest BCUT2D eigenvalue weighted by Gasteiger charge is 2.34.